The largest absolute Gasteiger partial charge is 0.483 e. The summed E-state index contributed by atoms with van der Waals surface area (Å²) in [6.07, 6.45) is 0. The summed E-state index contributed by atoms with van der Waals surface area (Å²) in [6.45, 7) is 1.94. The maximum Gasteiger partial charge on any atom is 0.264 e. The predicted molar refractivity (Wildman–Crippen MR) is 110 cm³/mol. The van der Waals surface area contributed by atoms with Crippen LogP contribution in [0.15, 0.2) is 57.3 Å². The first-order chi connectivity index (χ1) is 12.7. The van der Waals surface area contributed by atoms with Gasteiger partial charge in [-0.2, -0.15) is 0 Å². The lowest BCUT2D eigenvalue weighted by atomic mass is 10.1. The maximum atomic E-state index is 12.0. The number of ether oxygens (including phenoxy) is 1. The Morgan fingerprint density at radius 3 is 2.73 bits per heavy atom. The van der Waals surface area contributed by atoms with Crippen molar-refractivity contribution in [2.75, 3.05) is 17.7 Å². The number of hydrogen-bond acceptors (Lipinski definition) is 6. The van der Waals surface area contributed by atoms with Crippen LogP contribution in [0.1, 0.15) is 6.92 Å². The van der Waals surface area contributed by atoms with Gasteiger partial charge in [0.2, 0.25) is 5.13 Å². The molecule has 0 saturated heterocycles. The zero-order valence-corrected chi connectivity index (χ0v) is 17.2. The Morgan fingerprint density at radius 1 is 1.19 bits per heavy atom. The van der Waals surface area contributed by atoms with Crippen LogP contribution in [0.2, 0.25) is 0 Å². The highest BCUT2D eigenvalue weighted by molar-refractivity contribution is 9.10. The molecule has 1 aromatic heterocycles. The fourth-order valence-corrected chi connectivity index (χ4v) is 4.33. The van der Waals surface area contributed by atoms with Crippen molar-refractivity contribution < 1.29 is 9.53 Å². The molecule has 5 nitrogen and oxygen atoms in total. The Bertz CT molecular complexity index is 887. The quantitative estimate of drug-likeness (QED) is 0.401. The van der Waals surface area contributed by atoms with Gasteiger partial charge >= 0.3 is 0 Å². The number of hydrogen-bond donors (Lipinski definition) is 1. The van der Waals surface area contributed by atoms with Crippen molar-refractivity contribution in [3.05, 3.63) is 53.0 Å². The Morgan fingerprint density at radius 2 is 2.00 bits per heavy atom. The number of nitrogens with one attached hydrogen (secondary N) is 1. The highest BCUT2D eigenvalue weighted by Crippen LogP contribution is 2.31. The van der Waals surface area contributed by atoms with E-state index in [9.17, 15) is 4.79 Å². The molecule has 3 rings (SSSR count). The molecule has 0 aliphatic rings. The number of thioether (sulfide) groups is 1. The van der Waals surface area contributed by atoms with E-state index in [0.717, 1.165) is 25.7 Å². The monoisotopic (exact) mass is 449 g/mol. The van der Waals surface area contributed by atoms with Crippen LogP contribution in [0.4, 0.5) is 5.13 Å². The van der Waals surface area contributed by atoms with E-state index >= 15 is 0 Å². The second kappa shape index (κ2) is 9.16. The molecule has 1 heterocycles. The minimum Gasteiger partial charge on any atom is -0.483 e. The maximum absolute atomic E-state index is 12.0. The Hall–Kier alpha value is -1.90. The molecule has 0 spiro atoms. The van der Waals surface area contributed by atoms with Gasteiger partial charge in [-0.25, -0.2) is 0 Å². The van der Waals surface area contributed by atoms with E-state index in [1.165, 1.54) is 11.3 Å². The van der Waals surface area contributed by atoms with Crippen molar-refractivity contribution in [2.24, 2.45) is 0 Å². The molecule has 1 N–H and O–H groups in total. The number of anilines is 1. The third kappa shape index (κ3) is 5.06. The lowest BCUT2D eigenvalue weighted by Crippen LogP contribution is -2.20. The van der Waals surface area contributed by atoms with Gasteiger partial charge in [0.05, 0.1) is 4.47 Å². The van der Waals surface area contributed by atoms with E-state index in [1.807, 2.05) is 55.5 Å². The van der Waals surface area contributed by atoms with Gasteiger partial charge in [0.15, 0.2) is 10.9 Å². The van der Waals surface area contributed by atoms with Gasteiger partial charge in [0.25, 0.3) is 5.91 Å². The fraction of sp³-hybridized carbons (Fsp3) is 0.167. The van der Waals surface area contributed by atoms with E-state index < -0.39 is 0 Å². The first-order valence-corrected chi connectivity index (χ1v) is 10.5. The van der Waals surface area contributed by atoms with Gasteiger partial charge in [-0.15, -0.1) is 10.2 Å². The molecule has 0 aliphatic carbocycles. The molecular weight excluding hydrogens is 434 g/mol. The molecule has 134 valence electrons. The topological polar surface area (TPSA) is 64.1 Å². The highest BCUT2D eigenvalue weighted by Gasteiger charge is 2.10. The molecule has 8 heteroatoms. The minimum absolute atomic E-state index is 0.0981. The molecule has 2 aromatic carbocycles. The van der Waals surface area contributed by atoms with Crippen LogP contribution < -0.4 is 10.1 Å². The Kier molecular flexibility index (Phi) is 6.65. The SMILES string of the molecule is CCSc1nnc(NC(=O)COc2ccc(-c3ccccc3)cc2Br)s1. The van der Waals surface area contributed by atoms with E-state index in [1.54, 1.807) is 11.8 Å². The summed E-state index contributed by atoms with van der Waals surface area (Å²) in [5, 5.41) is 11.1. The fourth-order valence-electron chi connectivity index (χ4n) is 2.17. The lowest BCUT2D eigenvalue weighted by molar-refractivity contribution is -0.118. The molecule has 3 aromatic rings. The van der Waals surface area contributed by atoms with Crippen molar-refractivity contribution in [3.8, 4) is 16.9 Å². The minimum atomic E-state index is -0.270. The van der Waals surface area contributed by atoms with Gasteiger partial charge in [-0.05, 0) is 44.9 Å². The van der Waals surface area contributed by atoms with Crippen LogP contribution in [-0.4, -0.2) is 28.5 Å². The molecule has 0 aliphatic heterocycles. The predicted octanol–water partition coefficient (Wildman–Crippen LogP) is 5.10. The summed E-state index contributed by atoms with van der Waals surface area (Å²) in [4.78, 5) is 12.0. The van der Waals surface area contributed by atoms with Crippen LogP contribution in [0.25, 0.3) is 11.1 Å². The van der Waals surface area contributed by atoms with E-state index in [-0.39, 0.29) is 12.5 Å². The van der Waals surface area contributed by atoms with Gasteiger partial charge in [-0.3, -0.25) is 10.1 Å². The van der Waals surface area contributed by atoms with Crippen LogP contribution in [0.3, 0.4) is 0 Å². The lowest BCUT2D eigenvalue weighted by Gasteiger charge is -2.09. The van der Waals surface area contributed by atoms with Crippen LogP contribution in [0, 0.1) is 0 Å². The third-order valence-electron chi connectivity index (χ3n) is 3.32. The molecule has 0 fully saturated rings. The van der Waals surface area contributed by atoms with E-state index in [4.69, 9.17) is 4.74 Å². The van der Waals surface area contributed by atoms with Gasteiger partial charge < -0.3 is 4.74 Å². The summed E-state index contributed by atoms with van der Waals surface area (Å²) in [7, 11) is 0. The van der Waals surface area contributed by atoms with Crippen LogP contribution >= 0.6 is 39.0 Å². The second-order valence-corrected chi connectivity index (χ2v) is 8.50. The van der Waals surface area contributed by atoms with Crippen molar-refractivity contribution in [1.82, 2.24) is 10.2 Å². The summed E-state index contributed by atoms with van der Waals surface area (Å²) in [5.74, 6) is 1.26. The zero-order chi connectivity index (χ0) is 18.4. The van der Waals surface area contributed by atoms with Gasteiger partial charge in [0.1, 0.15) is 5.75 Å². The highest BCUT2D eigenvalue weighted by atomic mass is 79.9. The summed E-state index contributed by atoms with van der Waals surface area (Å²) in [6, 6.07) is 15.8. The number of aromatic nitrogens is 2. The molecule has 0 saturated carbocycles. The third-order valence-corrected chi connectivity index (χ3v) is 5.79. The van der Waals surface area contributed by atoms with Gasteiger partial charge in [0, 0.05) is 0 Å². The molecule has 26 heavy (non-hydrogen) atoms. The zero-order valence-electron chi connectivity index (χ0n) is 13.9. The van der Waals surface area contributed by atoms with Crippen molar-refractivity contribution in [1.29, 1.82) is 0 Å². The number of carbonyl (C=O) groups excluding carboxylic acids is 1. The second-order valence-electron chi connectivity index (χ2n) is 5.15. The summed E-state index contributed by atoms with van der Waals surface area (Å²) >= 11 is 6.45. The number of amides is 1. The molecule has 0 radical (unpaired) electrons. The summed E-state index contributed by atoms with van der Waals surface area (Å²) in [5.41, 5.74) is 2.19. The molecule has 0 atom stereocenters. The molecule has 1 amide bonds. The average molecular weight is 450 g/mol. The average Bonchev–Trinajstić information content (AvgIpc) is 3.08. The van der Waals surface area contributed by atoms with Crippen LogP contribution in [-0.2, 0) is 4.79 Å². The van der Waals surface area contributed by atoms with Crippen molar-refractivity contribution in [3.63, 3.8) is 0 Å². The smallest absolute Gasteiger partial charge is 0.264 e. The van der Waals surface area contributed by atoms with Crippen LogP contribution in [0.5, 0.6) is 5.75 Å². The standard InChI is InChI=1S/C18H16BrN3O2S2/c1-2-25-18-22-21-17(26-18)20-16(23)11-24-15-9-8-13(10-14(15)19)12-6-4-3-5-7-12/h3-10H,2,11H2,1H3,(H,20,21,23). The molecular formula is C18H16BrN3O2S2. The summed E-state index contributed by atoms with van der Waals surface area (Å²) < 4.78 is 7.24. The Balaban J connectivity index is 1.57. The molecule has 0 bridgehead atoms. The van der Waals surface area contributed by atoms with Crippen molar-refractivity contribution >= 4 is 50.1 Å². The number of rotatable bonds is 7. The first-order valence-electron chi connectivity index (χ1n) is 7.89. The van der Waals surface area contributed by atoms with E-state index in [2.05, 4.69) is 31.4 Å². The first kappa shape index (κ1) is 18.9. The van der Waals surface area contributed by atoms with Gasteiger partial charge in [-0.1, -0.05) is 66.4 Å². The number of benzene rings is 2. The van der Waals surface area contributed by atoms with E-state index in [0.29, 0.717) is 10.9 Å². The number of carbonyl (C=O) groups is 1. The Labute approximate surface area is 168 Å². The number of halogens is 1. The molecule has 0 unspecified atom stereocenters. The van der Waals surface area contributed by atoms with Crippen molar-refractivity contribution in [2.45, 2.75) is 11.3 Å². The normalized spacial score (nSPS) is 10.5. The number of nitrogens with zero attached hydrogens (tertiary/aromatic N) is 2.